The van der Waals surface area contributed by atoms with Crippen LogP contribution >= 0.6 is 11.6 Å². The highest BCUT2D eigenvalue weighted by Gasteiger charge is 2.15. The quantitative estimate of drug-likeness (QED) is 0.708. The molecule has 2 heterocycles. The van der Waals surface area contributed by atoms with Gasteiger partial charge in [-0.05, 0) is 30.3 Å². The van der Waals surface area contributed by atoms with E-state index in [1.807, 2.05) is 12.1 Å². The number of carbonyl (C=O) groups is 2. The molecule has 7 nitrogen and oxygen atoms in total. The molecule has 0 aliphatic rings. The number of nitrogens with zero attached hydrogens (tertiary/aromatic N) is 2. The summed E-state index contributed by atoms with van der Waals surface area (Å²) in [5, 5.41) is 3.03. The fourth-order valence-corrected chi connectivity index (χ4v) is 2.37. The smallest absolute Gasteiger partial charge is 0.359 e. The van der Waals surface area contributed by atoms with Crippen molar-refractivity contribution in [3.63, 3.8) is 0 Å². The minimum atomic E-state index is -0.683. The molecule has 128 valence electrons. The fourth-order valence-electron chi connectivity index (χ4n) is 2.20. The minimum absolute atomic E-state index is 0.124. The third kappa shape index (κ3) is 3.89. The van der Waals surface area contributed by atoms with Crippen LogP contribution in [-0.2, 0) is 9.53 Å². The zero-order valence-corrected chi connectivity index (χ0v) is 14.0. The minimum Gasteiger partial charge on any atom is -0.495 e. The first kappa shape index (κ1) is 16.8. The fraction of sp³-hybridized carbons (Fsp3) is 0.118. The first-order valence-electron chi connectivity index (χ1n) is 7.31. The van der Waals surface area contributed by atoms with Gasteiger partial charge in [0.15, 0.2) is 12.3 Å². The number of aromatic nitrogens is 2. The molecule has 0 aliphatic heterocycles. The van der Waals surface area contributed by atoms with E-state index >= 15 is 0 Å². The zero-order valence-electron chi connectivity index (χ0n) is 13.2. The van der Waals surface area contributed by atoms with Crippen molar-refractivity contribution in [3.05, 3.63) is 59.5 Å². The number of halogens is 1. The molecule has 0 unspecified atom stereocenters. The van der Waals surface area contributed by atoms with Crippen LogP contribution in [0.25, 0.3) is 5.65 Å². The summed E-state index contributed by atoms with van der Waals surface area (Å²) in [5.74, 6) is -0.751. The van der Waals surface area contributed by atoms with E-state index in [4.69, 9.17) is 21.1 Å². The van der Waals surface area contributed by atoms with E-state index in [1.165, 1.54) is 13.3 Å². The number of methoxy groups -OCH3 is 1. The molecule has 0 saturated carbocycles. The van der Waals surface area contributed by atoms with Gasteiger partial charge >= 0.3 is 5.97 Å². The number of hydrogen-bond acceptors (Lipinski definition) is 5. The van der Waals surface area contributed by atoms with Gasteiger partial charge in [-0.15, -0.1) is 0 Å². The largest absolute Gasteiger partial charge is 0.495 e. The van der Waals surface area contributed by atoms with Gasteiger partial charge < -0.3 is 19.2 Å². The SMILES string of the molecule is COc1ccc(Cl)cc1NC(=O)COC(=O)c1cn2ccccc2n1. The molecule has 2 aromatic heterocycles. The summed E-state index contributed by atoms with van der Waals surface area (Å²) in [6.07, 6.45) is 3.30. The Morgan fingerprint density at radius 1 is 1.28 bits per heavy atom. The summed E-state index contributed by atoms with van der Waals surface area (Å²) in [6.45, 7) is -0.456. The van der Waals surface area contributed by atoms with Crippen LogP contribution in [0.4, 0.5) is 5.69 Å². The van der Waals surface area contributed by atoms with Gasteiger partial charge in [0.05, 0.1) is 12.8 Å². The highest BCUT2D eigenvalue weighted by atomic mass is 35.5. The van der Waals surface area contributed by atoms with Gasteiger partial charge in [-0.2, -0.15) is 0 Å². The average Bonchev–Trinajstić information content (AvgIpc) is 3.04. The summed E-state index contributed by atoms with van der Waals surface area (Å²) in [5.41, 5.74) is 1.13. The topological polar surface area (TPSA) is 81.9 Å². The van der Waals surface area contributed by atoms with Crippen molar-refractivity contribution in [1.82, 2.24) is 9.38 Å². The Labute approximate surface area is 148 Å². The number of anilines is 1. The van der Waals surface area contributed by atoms with E-state index < -0.39 is 18.5 Å². The molecule has 3 aromatic rings. The first-order chi connectivity index (χ1) is 12.1. The highest BCUT2D eigenvalue weighted by molar-refractivity contribution is 6.31. The molecule has 0 bridgehead atoms. The number of hydrogen-bond donors (Lipinski definition) is 1. The molecule has 3 rings (SSSR count). The normalized spacial score (nSPS) is 10.5. The molecule has 0 atom stereocenters. The molecule has 0 radical (unpaired) electrons. The number of rotatable bonds is 5. The number of esters is 1. The number of ether oxygens (including phenoxy) is 2. The molecule has 25 heavy (non-hydrogen) atoms. The van der Waals surface area contributed by atoms with E-state index in [1.54, 1.807) is 34.9 Å². The second-order valence-corrected chi connectivity index (χ2v) is 5.50. The molecule has 8 heteroatoms. The lowest BCUT2D eigenvalue weighted by Gasteiger charge is -2.10. The van der Waals surface area contributed by atoms with Gasteiger partial charge in [-0.25, -0.2) is 9.78 Å². The average molecular weight is 360 g/mol. The second kappa shape index (κ2) is 7.23. The molecular weight excluding hydrogens is 346 g/mol. The first-order valence-corrected chi connectivity index (χ1v) is 7.69. The van der Waals surface area contributed by atoms with Gasteiger partial charge in [0.1, 0.15) is 11.4 Å². The second-order valence-electron chi connectivity index (χ2n) is 5.06. The maximum Gasteiger partial charge on any atom is 0.359 e. The van der Waals surface area contributed by atoms with Gasteiger partial charge in [0, 0.05) is 17.4 Å². The van der Waals surface area contributed by atoms with Crippen LogP contribution < -0.4 is 10.1 Å². The van der Waals surface area contributed by atoms with Crippen LogP contribution in [0, 0.1) is 0 Å². The summed E-state index contributed by atoms with van der Waals surface area (Å²) in [4.78, 5) is 28.1. The number of fused-ring (bicyclic) bond motifs is 1. The number of nitrogens with one attached hydrogen (secondary N) is 1. The Hall–Kier alpha value is -3.06. The number of benzene rings is 1. The molecule has 1 N–H and O–H groups in total. The van der Waals surface area contributed by atoms with Crippen LogP contribution in [-0.4, -0.2) is 35.0 Å². The predicted molar refractivity (Wildman–Crippen MR) is 92.1 cm³/mol. The van der Waals surface area contributed by atoms with Gasteiger partial charge in [-0.3, -0.25) is 4.79 Å². The number of imidazole rings is 1. The third-order valence-corrected chi connectivity index (χ3v) is 3.58. The van der Waals surface area contributed by atoms with E-state index in [0.29, 0.717) is 22.1 Å². The predicted octanol–water partition coefficient (Wildman–Crippen LogP) is 2.79. The van der Waals surface area contributed by atoms with E-state index in [9.17, 15) is 9.59 Å². The summed E-state index contributed by atoms with van der Waals surface area (Å²) in [6, 6.07) is 10.2. The number of pyridine rings is 1. The van der Waals surface area contributed by atoms with Crippen LogP contribution in [0.3, 0.4) is 0 Å². The molecular formula is C17H14ClN3O4. The van der Waals surface area contributed by atoms with Crippen LogP contribution in [0.2, 0.25) is 5.02 Å². The lowest BCUT2D eigenvalue weighted by molar-refractivity contribution is -0.119. The van der Waals surface area contributed by atoms with Crippen molar-refractivity contribution in [2.75, 3.05) is 19.0 Å². The van der Waals surface area contributed by atoms with Gasteiger partial charge in [0.2, 0.25) is 0 Å². The molecule has 0 saturated heterocycles. The monoisotopic (exact) mass is 359 g/mol. The van der Waals surface area contributed by atoms with Crippen molar-refractivity contribution < 1.29 is 19.1 Å². The maximum absolute atomic E-state index is 12.0. The Balaban J connectivity index is 1.62. The van der Waals surface area contributed by atoms with Crippen molar-refractivity contribution in [3.8, 4) is 5.75 Å². The van der Waals surface area contributed by atoms with E-state index in [0.717, 1.165) is 0 Å². The number of carbonyl (C=O) groups excluding carboxylic acids is 2. The molecule has 0 spiro atoms. The summed E-state index contributed by atoms with van der Waals surface area (Å²) in [7, 11) is 1.47. The van der Waals surface area contributed by atoms with Crippen molar-refractivity contribution in [2.45, 2.75) is 0 Å². The Morgan fingerprint density at radius 2 is 2.12 bits per heavy atom. The van der Waals surface area contributed by atoms with Crippen molar-refractivity contribution in [1.29, 1.82) is 0 Å². The maximum atomic E-state index is 12.0. The van der Waals surface area contributed by atoms with E-state index in [-0.39, 0.29) is 5.69 Å². The summed E-state index contributed by atoms with van der Waals surface area (Å²) >= 11 is 5.90. The zero-order chi connectivity index (χ0) is 17.8. The van der Waals surface area contributed by atoms with E-state index in [2.05, 4.69) is 10.3 Å². The third-order valence-electron chi connectivity index (χ3n) is 3.34. The lowest BCUT2D eigenvalue weighted by atomic mass is 10.3. The molecule has 1 aromatic carbocycles. The molecule has 1 amide bonds. The van der Waals surface area contributed by atoms with Crippen molar-refractivity contribution in [2.24, 2.45) is 0 Å². The highest BCUT2D eigenvalue weighted by Crippen LogP contribution is 2.27. The van der Waals surface area contributed by atoms with Crippen LogP contribution in [0.5, 0.6) is 5.75 Å². The lowest BCUT2D eigenvalue weighted by Crippen LogP contribution is -2.21. The standard InChI is InChI=1S/C17H14ClN3O4/c1-24-14-6-5-11(18)8-12(14)20-16(22)10-25-17(23)13-9-21-7-3-2-4-15(21)19-13/h2-9H,10H2,1H3,(H,20,22). The van der Waals surface area contributed by atoms with Gasteiger partial charge in [-0.1, -0.05) is 17.7 Å². The van der Waals surface area contributed by atoms with Crippen molar-refractivity contribution >= 4 is 34.8 Å². The molecule has 0 fully saturated rings. The molecule has 0 aliphatic carbocycles. The Morgan fingerprint density at radius 3 is 2.88 bits per heavy atom. The van der Waals surface area contributed by atoms with Crippen LogP contribution in [0.15, 0.2) is 48.8 Å². The van der Waals surface area contributed by atoms with Gasteiger partial charge in [0.25, 0.3) is 5.91 Å². The summed E-state index contributed by atoms with van der Waals surface area (Å²) < 4.78 is 11.8. The number of amides is 1. The van der Waals surface area contributed by atoms with Crippen LogP contribution in [0.1, 0.15) is 10.5 Å². The Bertz CT molecular complexity index is 906. The Kier molecular flexibility index (Phi) is 4.85.